The van der Waals surface area contributed by atoms with Crippen LogP contribution in [0.5, 0.6) is 11.5 Å². The van der Waals surface area contributed by atoms with Gasteiger partial charge in [0.05, 0.1) is 14.2 Å². The van der Waals surface area contributed by atoms with Crippen molar-refractivity contribution in [2.24, 2.45) is 0 Å². The van der Waals surface area contributed by atoms with Gasteiger partial charge in [-0.3, -0.25) is 4.90 Å². The van der Waals surface area contributed by atoms with Crippen molar-refractivity contribution in [1.29, 1.82) is 0 Å². The predicted molar refractivity (Wildman–Crippen MR) is 78.3 cm³/mol. The summed E-state index contributed by atoms with van der Waals surface area (Å²) in [6, 6.07) is 6.82. The van der Waals surface area contributed by atoms with Gasteiger partial charge in [-0.1, -0.05) is 12.5 Å². The molecule has 0 atom stereocenters. The summed E-state index contributed by atoms with van der Waals surface area (Å²) in [6.07, 6.45) is 3.93. The van der Waals surface area contributed by atoms with E-state index in [-0.39, 0.29) is 0 Å². The van der Waals surface area contributed by atoms with E-state index < -0.39 is 0 Å². The van der Waals surface area contributed by atoms with E-state index in [1.807, 2.05) is 6.07 Å². The molecular weight excluding hydrogens is 262 g/mol. The van der Waals surface area contributed by atoms with E-state index in [4.69, 9.17) is 21.1 Å². The molecule has 1 aromatic carbocycles. The number of halogens is 1. The fourth-order valence-electron chi connectivity index (χ4n) is 2.46. The molecule has 1 aliphatic rings. The van der Waals surface area contributed by atoms with Crippen molar-refractivity contribution in [3.05, 3.63) is 23.8 Å². The Hall–Kier alpha value is -0.930. The Labute approximate surface area is 120 Å². The van der Waals surface area contributed by atoms with Crippen LogP contribution in [0.3, 0.4) is 0 Å². The molecule has 0 saturated heterocycles. The number of nitrogens with zero attached hydrogens (tertiary/aromatic N) is 1. The van der Waals surface area contributed by atoms with Crippen LogP contribution in [0, 0.1) is 0 Å². The Bertz CT molecular complexity index is 407. The van der Waals surface area contributed by atoms with E-state index >= 15 is 0 Å². The SMILES string of the molecule is COc1ccc(CN(CCCl)C2CCC2)cc1OC. The molecular formula is C15H22ClNO2. The fourth-order valence-corrected chi connectivity index (χ4v) is 2.68. The highest BCUT2D eigenvalue weighted by Gasteiger charge is 2.24. The number of ether oxygens (including phenoxy) is 2. The third kappa shape index (κ3) is 3.54. The lowest BCUT2D eigenvalue weighted by Crippen LogP contribution is -2.40. The summed E-state index contributed by atoms with van der Waals surface area (Å²) in [5.74, 6) is 2.25. The van der Waals surface area contributed by atoms with Gasteiger partial charge in [-0.2, -0.15) is 0 Å². The lowest BCUT2D eigenvalue weighted by molar-refractivity contribution is 0.127. The normalized spacial score (nSPS) is 15.4. The minimum atomic E-state index is 0.684. The molecule has 3 nitrogen and oxygen atoms in total. The first-order chi connectivity index (χ1) is 9.28. The Morgan fingerprint density at radius 1 is 1.21 bits per heavy atom. The molecule has 1 saturated carbocycles. The van der Waals surface area contributed by atoms with Gasteiger partial charge in [-0.05, 0) is 30.5 Å². The number of methoxy groups -OCH3 is 2. The van der Waals surface area contributed by atoms with Crippen molar-refractivity contribution in [2.45, 2.75) is 31.8 Å². The number of alkyl halides is 1. The molecule has 0 heterocycles. The molecule has 4 heteroatoms. The van der Waals surface area contributed by atoms with Crippen molar-refractivity contribution in [2.75, 3.05) is 26.6 Å². The third-order valence-corrected chi connectivity index (χ3v) is 3.97. The third-order valence-electron chi connectivity index (χ3n) is 3.80. The molecule has 0 amide bonds. The van der Waals surface area contributed by atoms with Crippen LogP contribution >= 0.6 is 11.6 Å². The highest BCUT2D eigenvalue weighted by Crippen LogP contribution is 2.30. The smallest absolute Gasteiger partial charge is 0.161 e. The molecule has 0 radical (unpaired) electrons. The Morgan fingerprint density at radius 3 is 2.47 bits per heavy atom. The highest BCUT2D eigenvalue weighted by atomic mass is 35.5. The molecule has 0 aromatic heterocycles. The summed E-state index contributed by atoms with van der Waals surface area (Å²) >= 11 is 5.91. The van der Waals surface area contributed by atoms with Crippen LogP contribution in [0.15, 0.2) is 18.2 Å². The van der Waals surface area contributed by atoms with Crippen molar-refractivity contribution >= 4 is 11.6 Å². The van der Waals surface area contributed by atoms with Gasteiger partial charge in [0.1, 0.15) is 0 Å². The molecule has 2 rings (SSSR count). The highest BCUT2D eigenvalue weighted by molar-refractivity contribution is 6.18. The standard InChI is InChI=1S/C15H22ClNO2/c1-18-14-7-6-12(10-15(14)19-2)11-17(9-8-16)13-4-3-5-13/h6-7,10,13H,3-5,8-9,11H2,1-2H3. The summed E-state index contributed by atoms with van der Waals surface area (Å²) in [5.41, 5.74) is 1.25. The van der Waals surface area contributed by atoms with Crippen molar-refractivity contribution in [3.63, 3.8) is 0 Å². The molecule has 1 fully saturated rings. The van der Waals surface area contributed by atoms with Gasteiger partial charge < -0.3 is 9.47 Å². The zero-order valence-corrected chi connectivity index (χ0v) is 12.4. The lowest BCUT2D eigenvalue weighted by atomic mass is 9.91. The average molecular weight is 284 g/mol. The summed E-state index contributed by atoms with van der Waals surface area (Å²) < 4.78 is 10.6. The minimum Gasteiger partial charge on any atom is -0.493 e. The first-order valence-corrected chi connectivity index (χ1v) is 7.33. The monoisotopic (exact) mass is 283 g/mol. The molecule has 0 bridgehead atoms. The van der Waals surface area contributed by atoms with E-state index in [1.54, 1.807) is 14.2 Å². The first-order valence-electron chi connectivity index (χ1n) is 6.79. The maximum absolute atomic E-state index is 5.91. The van der Waals surface area contributed by atoms with Gasteiger partial charge >= 0.3 is 0 Å². The largest absolute Gasteiger partial charge is 0.493 e. The topological polar surface area (TPSA) is 21.7 Å². The molecule has 0 unspecified atom stereocenters. The second kappa shape index (κ2) is 7.01. The zero-order valence-electron chi connectivity index (χ0n) is 11.7. The van der Waals surface area contributed by atoms with Gasteiger partial charge in [0.25, 0.3) is 0 Å². The number of rotatable bonds is 7. The summed E-state index contributed by atoms with van der Waals surface area (Å²) in [7, 11) is 3.33. The Morgan fingerprint density at radius 2 is 1.95 bits per heavy atom. The molecule has 0 spiro atoms. The van der Waals surface area contributed by atoms with Gasteiger partial charge in [-0.15, -0.1) is 11.6 Å². The molecule has 19 heavy (non-hydrogen) atoms. The molecule has 1 aromatic rings. The van der Waals surface area contributed by atoms with Crippen LogP contribution < -0.4 is 9.47 Å². The zero-order chi connectivity index (χ0) is 13.7. The van der Waals surface area contributed by atoms with Crippen LogP contribution in [0.1, 0.15) is 24.8 Å². The van der Waals surface area contributed by atoms with Gasteiger partial charge in [0.15, 0.2) is 11.5 Å². The second-order valence-corrected chi connectivity index (χ2v) is 5.31. The quantitative estimate of drug-likeness (QED) is 0.717. The van der Waals surface area contributed by atoms with E-state index in [0.29, 0.717) is 11.9 Å². The predicted octanol–water partition coefficient (Wildman–Crippen LogP) is 3.30. The van der Waals surface area contributed by atoms with Gasteiger partial charge in [0.2, 0.25) is 0 Å². The van der Waals surface area contributed by atoms with Crippen molar-refractivity contribution < 1.29 is 9.47 Å². The number of hydrogen-bond donors (Lipinski definition) is 0. The van der Waals surface area contributed by atoms with E-state index in [9.17, 15) is 0 Å². The summed E-state index contributed by atoms with van der Waals surface area (Å²) in [4.78, 5) is 2.47. The van der Waals surface area contributed by atoms with Crippen LogP contribution in [-0.4, -0.2) is 37.6 Å². The summed E-state index contributed by atoms with van der Waals surface area (Å²) in [6.45, 7) is 1.87. The van der Waals surface area contributed by atoms with Crippen LogP contribution in [0.4, 0.5) is 0 Å². The first kappa shape index (κ1) is 14.5. The molecule has 106 valence electrons. The number of benzene rings is 1. The van der Waals surface area contributed by atoms with Crippen LogP contribution in [0.25, 0.3) is 0 Å². The maximum Gasteiger partial charge on any atom is 0.161 e. The van der Waals surface area contributed by atoms with E-state index in [2.05, 4.69) is 17.0 Å². The Balaban J connectivity index is 2.07. The molecule has 0 N–H and O–H groups in total. The maximum atomic E-state index is 5.91. The van der Waals surface area contributed by atoms with E-state index in [0.717, 1.165) is 24.6 Å². The van der Waals surface area contributed by atoms with Crippen LogP contribution in [-0.2, 0) is 6.54 Å². The second-order valence-electron chi connectivity index (χ2n) is 4.93. The average Bonchev–Trinajstić information content (AvgIpc) is 2.37. The summed E-state index contributed by atoms with van der Waals surface area (Å²) in [5, 5.41) is 0. The lowest BCUT2D eigenvalue weighted by Gasteiger charge is -2.37. The molecule has 0 aliphatic heterocycles. The van der Waals surface area contributed by atoms with E-state index in [1.165, 1.54) is 24.8 Å². The van der Waals surface area contributed by atoms with Crippen molar-refractivity contribution in [3.8, 4) is 11.5 Å². The van der Waals surface area contributed by atoms with Crippen LogP contribution in [0.2, 0.25) is 0 Å². The Kier molecular flexibility index (Phi) is 5.34. The molecule has 1 aliphatic carbocycles. The fraction of sp³-hybridized carbons (Fsp3) is 0.600. The van der Waals surface area contributed by atoms with Crippen molar-refractivity contribution in [1.82, 2.24) is 4.90 Å². The van der Waals surface area contributed by atoms with Gasteiger partial charge in [0, 0.05) is 25.0 Å². The van der Waals surface area contributed by atoms with Gasteiger partial charge in [-0.25, -0.2) is 0 Å². The number of hydrogen-bond acceptors (Lipinski definition) is 3. The minimum absolute atomic E-state index is 0.684.